The molecular formula is C18H16N2O2S. The van der Waals surface area contributed by atoms with Crippen molar-refractivity contribution in [2.75, 3.05) is 0 Å². The summed E-state index contributed by atoms with van der Waals surface area (Å²) < 4.78 is 5.40. The van der Waals surface area contributed by atoms with Crippen LogP contribution >= 0.6 is 11.3 Å². The van der Waals surface area contributed by atoms with Crippen molar-refractivity contribution in [3.8, 4) is 17.1 Å². The Hall–Kier alpha value is -2.53. The monoisotopic (exact) mass is 324 g/mol. The fraction of sp³-hybridized carbons (Fsp3) is 0.167. The predicted molar refractivity (Wildman–Crippen MR) is 90.9 cm³/mol. The zero-order valence-electron chi connectivity index (χ0n) is 12.9. The van der Waals surface area contributed by atoms with Gasteiger partial charge >= 0.3 is 5.97 Å². The first kappa shape index (κ1) is 15.4. The number of thiophene rings is 1. The molecule has 5 heteroatoms. The molecule has 0 radical (unpaired) electrons. The Labute approximate surface area is 138 Å². The molecule has 3 aromatic rings. The lowest BCUT2D eigenvalue weighted by Crippen LogP contribution is -2.06. The number of ether oxygens (including phenoxy) is 1. The van der Waals surface area contributed by atoms with Crippen molar-refractivity contribution >= 4 is 17.3 Å². The van der Waals surface area contributed by atoms with Gasteiger partial charge in [0.1, 0.15) is 10.6 Å². The van der Waals surface area contributed by atoms with Gasteiger partial charge in [0.25, 0.3) is 0 Å². The molecule has 4 nitrogen and oxygen atoms in total. The van der Waals surface area contributed by atoms with Gasteiger partial charge < -0.3 is 4.74 Å². The second-order valence-corrected chi connectivity index (χ2v) is 6.29. The van der Waals surface area contributed by atoms with Crippen LogP contribution in [0.15, 0.2) is 48.8 Å². The molecule has 2 aromatic heterocycles. The summed E-state index contributed by atoms with van der Waals surface area (Å²) in [5.74, 6) is 0.839. The fourth-order valence-corrected chi connectivity index (χ4v) is 2.87. The van der Waals surface area contributed by atoms with Crippen LogP contribution in [-0.2, 0) is 6.42 Å². The van der Waals surface area contributed by atoms with E-state index in [2.05, 4.69) is 16.9 Å². The van der Waals surface area contributed by atoms with E-state index in [1.807, 2.05) is 25.1 Å². The summed E-state index contributed by atoms with van der Waals surface area (Å²) in [5.41, 5.74) is 1.90. The highest BCUT2D eigenvalue weighted by atomic mass is 32.1. The Kier molecular flexibility index (Phi) is 4.48. The SMILES string of the molecule is CCc1ccc(C(=O)Oc2ccc(-c3ncc(C)cn3)cc2)s1. The maximum atomic E-state index is 12.1. The molecule has 0 saturated heterocycles. The summed E-state index contributed by atoms with van der Waals surface area (Å²) in [6, 6.07) is 11.0. The van der Waals surface area contributed by atoms with E-state index in [4.69, 9.17) is 4.74 Å². The van der Waals surface area contributed by atoms with Crippen LogP contribution in [0, 0.1) is 6.92 Å². The standard InChI is InChI=1S/C18H16N2O2S/c1-3-15-8-9-16(23-15)18(21)22-14-6-4-13(5-7-14)17-19-10-12(2)11-20-17/h4-11H,3H2,1-2H3. The molecule has 0 atom stereocenters. The molecule has 0 spiro atoms. The zero-order valence-corrected chi connectivity index (χ0v) is 13.8. The van der Waals surface area contributed by atoms with Crippen molar-refractivity contribution in [2.45, 2.75) is 20.3 Å². The molecule has 0 N–H and O–H groups in total. The lowest BCUT2D eigenvalue weighted by atomic mass is 10.2. The lowest BCUT2D eigenvalue weighted by molar-refractivity contribution is 0.0740. The number of hydrogen-bond acceptors (Lipinski definition) is 5. The Morgan fingerprint density at radius 2 is 1.78 bits per heavy atom. The summed E-state index contributed by atoms with van der Waals surface area (Å²) in [4.78, 5) is 22.5. The molecule has 0 aliphatic heterocycles. The molecule has 23 heavy (non-hydrogen) atoms. The van der Waals surface area contributed by atoms with Crippen LogP contribution in [0.25, 0.3) is 11.4 Å². The molecule has 0 aliphatic rings. The number of carbonyl (C=O) groups is 1. The van der Waals surface area contributed by atoms with E-state index in [-0.39, 0.29) is 5.97 Å². The van der Waals surface area contributed by atoms with Crippen LogP contribution in [0.5, 0.6) is 5.75 Å². The number of nitrogens with zero attached hydrogens (tertiary/aromatic N) is 2. The number of esters is 1. The van der Waals surface area contributed by atoms with Gasteiger partial charge in [0.2, 0.25) is 0 Å². The molecule has 0 fully saturated rings. The Morgan fingerprint density at radius 3 is 2.39 bits per heavy atom. The normalized spacial score (nSPS) is 10.5. The quantitative estimate of drug-likeness (QED) is 0.530. The fourth-order valence-electron chi connectivity index (χ4n) is 2.05. The summed E-state index contributed by atoms with van der Waals surface area (Å²) in [5, 5.41) is 0. The van der Waals surface area contributed by atoms with Crippen LogP contribution in [0.2, 0.25) is 0 Å². The molecule has 0 amide bonds. The predicted octanol–water partition coefficient (Wildman–Crippen LogP) is 4.30. The van der Waals surface area contributed by atoms with Gasteiger partial charge in [-0.05, 0) is 55.3 Å². The highest BCUT2D eigenvalue weighted by molar-refractivity contribution is 7.13. The highest BCUT2D eigenvalue weighted by Crippen LogP contribution is 2.22. The molecule has 0 unspecified atom stereocenters. The Bertz CT molecular complexity index is 808. The topological polar surface area (TPSA) is 52.1 Å². The number of aryl methyl sites for hydroxylation is 2. The van der Waals surface area contributed by atoms with E-state index in [1.165, 1.54) is 16.2 Å². The minimum atomic E-state index is -0.325. The van der Waals surface area contributed by atoms with E-state index in [0.717, 1.165) is 17.5 Å². The second-order valence-electron chi connectivity index (χ2n) is 5.12. The van der Waals surface area contributed by atoms with Gasteiger partial charge in [0.15, 0.2) is 5.82 Å². The van der Waals surface area contributed by atoms with Crippen LogP contribution in [0.1, 0.15) is 27.0 Å². The molecule has 1 aromatic carbocycles. The molecule has 3 rings (SSSR count). The van der Waals surface area contributed by atoms with Crippen LogP contribution in [0.4, 0.5) is 0 Å². The van der Waals surface area contributed by atoms with Gasteiger partial charge in [-0.1, -0.05) is 6.92 Å². The van der Waals surface area contributed by atoms with Crippen molar-refractivity contribution in [3.63, 3.8) is 0 Å². The summed E-state index contributed by atoms with van der Waals surface area (Å²) in [6.07, 6.45) is 4.47. The molecule has 2 heterocycles. The van der Waals surface area contributed by atoms with Gasteiger partial charge in [-0.25, -0.2) is 14.8 Å². The number of rotatable bonds is 4. The van der Waals surface area contributed by atoms with Crippen molar-refractivity contribution in [3.05, 3.63) is 64.1 Å². The second kappa shape index (κ2) is 6.71. The smallest absolute Gasteiger partial charge is 0.353 e. The third-order valence-electron chi connectivity index (χ3n) is 3.32. The van der Waals surface area contributed by atoms with Crippen LogP contribution < -0.4 is 4.74 Å². The molecular weight excluding hydrogens is 308 g/mol. The first-order valence-corrected chi connectivity index (χ1v) is 8.17. The van der Waals surface area contributed by atoms with Crippen molar-refractivity contribution < 1.29 is 9.53 Å². The number of carbonyl (C=O) groups excluding carboxylic acids is 1. The third-order valence-corrected chi connectivity index (χ3v) is 4.52. The molecule has 0 saturated carbocycles. The van der Waals surface area contributed by atoms with Crippen molar-refractivity contribution in [2.24, 2.45) is 0 Å². The lowest BCUT2D eigenvalue weighted by Gasteiger charge is -2.04. The minimum absolute atomic E-state index is 0.325. The van der Waals surface area contributed by atoms with Gasteiger partial charge in [-0.3, -0.25) is 0 Å². The third kappa shape index (κ3) is 3.63. The van der Waals surface area contributed by atoms with E-state index < -0.39 is 0 Å². The highest BCUT2D eigenvalue weighted by Gasteiger charge is 2.11. The maximum Gasteiger partial charge on any atom is 0.353 e. The molecule has 116 valence electrons. The summed E-state index contributed by atoms with van der Waals surface area (Å²) in [6.45, 7) is 4.01. The van der Waals surface area contributed by atoms with Crippen LogP contribution in [-0.4, -0.2) is 15.9 Å². The molecule has 0 bridgehead atoms. The van der Waals surface area contributed by atoms with Gasteiger partial charge in [0.05, 0.1) is 0 Å². The average molecular weight is 324 g/mol. The maximum absolute atomic E-state index is 12.1. The van der Waals surface area contributed by atoms with Crippen molar-refractivity contribution in [1.82, 2.24) is 9.97 Å². The van der Waals surface area contributed by atoms with Gasteiger partial charge in [-0.2, -0.15) is 0 Å². The first-order chi connectivity index (χ1) is 11.2. The van der Waals surface area contributed by atoms with E-state index in [9.17, 15) is 4.79 Å². The Morgan fingerprint density at radius 1 is 1.09 bits per heavy atom. The van der Waals surface area contributed by atoms with E-state index in [1.54, 1.807) is 30.6 Å². The minimum Gasteiger partial charge on any atom is -0.422 e. The van der Waals surface area contributed by atoms with Crippen molar-refractivity contribution in [1.29, 1.82) is 0 Å². The van der Waals surface area contributed by atoms with Gasteiger partial charge in [0, 0.05) is 22.8 Å². The number of benzene rings is 1. The largest absolute Gasteiger partial charge is 0.422 e. The summed E-state index contributed by atoms with van der Waals surface area (Å²) >= 11 is 1.47. The van der Waals surface area contributed by atoms with E-state index in [0.29, 0.717) is 16.5 Å². The average Bonchev–Trinajstić information content (AvgIpc) is 3.06. The Balaban J connectivity index is 1.72. The van der Waals surface area contributed by atoms with Gasteiger partial charge in [-0.15, -0.1) is 11.3 Å². The number of hydrogen-bond donors (Lipinski definition) is 0. The number of aromatic nitrogens is 2. The first-order valence-electron chi connectivity index (χ1n) is 7.35. The molecule has 0 aliphatic carbocycles. The zero-order chi connectivity index (χ0) is 16.2. The van der Waals surface area contributed by atoms with E-state index >= 15 is 0 Å². The summed E-state index contributed by atoms with van der Waals surface area (Å²) in [7, 11) is 0. The van der Waals surface area contributed by atoms with Crippen LogP contribution in [0.3, 0.4) is 0 Å².